The van der Waals surface area contributed by atoms with Crippen LogP contribution in [0.25, 0.3) is 0 Å². The highest BCUT2D eigenvalue weighted by molar-refractivity contribution is 5.74. The highest BCUT2D eigenvalue weighted by Gasteiger charge is 2.54. The van der Waals surface area contributed by atoms with Crippen LogP contribution < -0.4 is 16.0 Å². The molecule has 4 aliphatic rings. The van der Waals surface area contributed by atoms with Gasteiger partial charge in [-0.2, -0.15) is 0 Å². The molecule has 0 spiro atoms. The molecule has 4 aliphatic heterocycles. The Bertz CT molecular complexity index is 1840. The van der Waals surface area contributed by atoms with Gasteiger partial charge in [0.1, 0.15) is 116 Å². The molecule has 4 rings (SSSR count). The minimum Gasteiger partial charge on any atom is -0.396 e. The first-order valence-corrected chi connectivity index (χ1v) is 25.1. The van der Waals surface area contributed by atoms with Gasteiger partial charge in [0.2, 0.25) is 17.7 Å². The molecule has 21 N–H and O–H groups in total. The van der Waals surface area contributed by atoms with E-state index in [-0.39, 0.29) is 0 Å². The number of hydrogen-bond acceptors (Lipinski definition) is 30. The zero-order chi connectivity index (χ0) is 58.8. The summed E-state index contributed by atoms with van der Waals surface area (Å²) in [6, 6.07) is -4.50. The number of nitrogens with one attached hydrogen (secondary N) is 3. The monoisotopic (exact) mass is 1140 g/mol. The Balaban J connectivity index is 1.65. The maximum Gasteiger partial charge on any atom is 0.217 e. The van der Waals surface area contributed by atoms with E-state index in [0.29, 0.717) is 0 Å². The molecule has 0 bridgehead atoms. The highest BCUT2D eigenvalue weighted by atomic mass is 16.7. The first-order chi connectivity index (χ1) is 36.6. The number of hydrogen-bond donors (Lipinski definition) is 21. The number of rotatable bonds is 27. The minimum absolute atomic E-state index is 0.570. The van der Waals surface area contributed by atoms with E-state index in [1.807, 2.05) is 0 Å². The maximum atomic E-state index is 12.5. The Morgan fingerprint density at radius 3 is 1.45 bits per heavy atom. The lowest BCUT2D eigenvalue weighted by molar-refractivity contribution is -0.350. The van der Waals surface area contributed by atoms with Gasteiger partial charge in [-0.25, -0.2) is 0 Å². The van der Waals surface area contributed by atoms with Crippen molar-refractivity contribution in [2.24, 2.45) is 11.8 Å². The number of aliphatic hydroxyl groups is 18. The first kappa shape index (κ1) is 67.8. The Hall–Kier alpha value is -2.67. The molecule has 4 heterocycles. The summed E-state index contributed by atoms with van der Waals surface area (Å²) in [4.78, 5) is 36.6. The molecule has 78 heavy (non-hydrogen) atoms. The Kier molecular flexibility index (Phi) is 26.6. The molecule has 33 nitrogen and oxygen atoms in total. The van der Waals surface area contributed by atoms with E-state index in [0.717, 1.165) is 13.8 Å². The molecule has 26 unspecified atom stereocenters. The molecular formula is C45H81N3O30. The van der Waals surface area contributed by atoms with Gasteiger partial charge in [-0.1, -0.05) is 13.8 Å². The summed E-state index contributed by atoms with van der Waals surface area (Å²) in [7, 11) is 0. The van der Waals surface area contributed by atoms with Crippen LogP contribution in [0.3, 0.4) is 0 Å². The van der Waals surface area contributed by atoms with Gasteiger partial charge in [0.15, 0.2) is 31.5 Å². The SMILES string of the molecule is CC(=O)NC1C(C)OC(CO)C(OC2OC(CO)C(OC(O)C(O)C(O[C@H]3O[C@H](CO)C(O)C(O)C3O)C(O)C(C)COC(O)C(O[C@@H]3O[C@@H](CO)C(O)C(O)C3NC(C)=O)C(O)C(O)C(C)CO)C(O)C2NC(C)=O)C1O. The van der Waals surface area contributed by atoms with E-state index in [1.165, 1.54) is 27.7 Å². The number of amides is 3. The molecule has 4 fully saturated rings. The number of carbonyl (C=O) groups excluding carboxylic acids is 3. The maximum absolute atomic E-state index is 12.5. The average Bonchev–Trinajstić information content (AvgIpc) is 3.45. The highest BCUT2D eigenvalue weighted by Crippen LogP contribution is 2.33. The Morgan fingerprint density at radius 2 is 0.923 bits per heavy atom. The van der Waals surface area contributed by atoms with Crippen LogP contribution in [0.15, 0.2) is 0 Å². The second-order valence-electron chi connectivity index (χ2n) is 20.0. The van der Waals surface area contributed by atoms with E-state index in [2.05, 4.69) is 16.0 Å². The lowest BCUT2D eigenvalue weighted by Gasteiger charge is -2.49. The van der Waals surface area contributed by atoms with Crippen molar-refractivity contribution >= 4 is 17.7 Å². The predicted octanol–water partition coefficient (Wildman–Crippen LogP) is -12.1. The van der Waals surface area contributed by atoms with E-state index in [9.17, 15) is 106 Å². The second-order valence-corrected chi connectivity index (χ2v) is 20.0. The molecule has 0 radical (unpaired) electrons. The third kappa shape index (κ3) is 16.5. The van der Waals surface area contributed by atoms with Gasteiger partial charge in [0.05, 0.1) is 57.4 Å². The predicted molar refractivity (Wildman–Crippen MR) is 250 cm³/mol. The molecular weight excluding hydrogens is 1060 g/mol. The fraction of sp³-hybridized carbons (Fsp3) is 0.933. The molecule has 33 heteroatoms. The van der Waals surface area contributed by atoms with Gasteiger partial charge < -0.3 is 150 Å². The van der Waals surface area contributed by atoms with Gasteiger partial charge in [0, 0.05) is 39.2 Å². The Labute approximate surface area is 446 Å². The van der Waals surface area contributed by atoms with Gasteiger partial charge in [-0.05, 0) is 6.92 Å². The topological polar surface area (TPSA) is 535 Å². The number of carbonyl (C=O) groups is 3. The van der Waals surface area contributed by atoms with Crippen LogP contribution in [-0.4, -0.2) is 321 Å². The van der Waals surface area contributed by atoms with Crippen molar-refractivity contribution in [2.75, 3.05) is 39.6 Å². The van der Waals surface area contributed by atoms with Crippen LogP contribution in [-0.2, 0) is 57.0 Å². The standard InChI is InChI=1S/C45H81N3O30/c1-13(7-49)26(57)34(65)40(78-43-24(47-17(5)55)30(61)28(59)19(8-50)72-43)42(69)70-12-14(2)27(58)39(77-45-35(66)33(64)29(60)20(9-51)73-45)36(67)41(68)75-37-22(11-53)74-44(25(32(37)63)48-18(6)56)76-38-21(10-52)71-15(3)23(31(38)62)46-16(4)54/h13-15,19-45,49-53,57-69H,7-12H2,1-6H3,(H,46,54)(H,47,55)(H,48,56)/t13?,14?,15?,19-,20+,21?,22?,23?,24?,25?,26?,27?,28?,29?,30?,31?,32?,33?,34?,35?,36?,37?,38?,39?,40?,41?,42?,43-,44?,45+/m0/s1. The van der Waals surface area contributed by atoms with Crippen molar-refractivity contribution in [2.45, 2.75) is 213 Å². The van der Waals surface area contributed by atoms with Crippen molar-refractivity contribution in [3.63, 3.8) is 0 Å². The fourth-order valence-electron chi connectivity index (χ4n) is 9.35. The van der Waals surface area contributed by atoms with Gasteiger partial charge in [-0.3, -0.25) is 14.4 Å². The third-order valence-corrected chi connectivity index (χ3v) is 13.9. The quantitative estimate of drug-likeness (QED) is 0.0340. The van der Waals surface area contributed by atoms with Crippen LogP contribution in [0.4, 0.5) is 0 Å². The van der Waals surface area contributed by atoms with Gasteiger partial charge in [0.25, 0.3) is 0 Å². The van der Waals surface area contributed by atoms with Crippen LogP contribution in [0, 0.1) is 11.8 Å². The fourth-order valence-corrected chi connectivity index (χ4v) is 9.35. The van der Waals surface area contributed by atoms with E-state index in [1.54, 1.807) is 0 Å². The molecule has 4 saturated heterocycles. The summed E-state index contributed by atoms with van der Waals surface area (Å²) in [5, 5.41) is 202. The molecule has 3 amide bonds. The lowest BCUT2D eigenvalue weighted by atomic mass is 9.92. The zero-order valence-electron chi connectivity index (χ0n) is 43.5. The molecule has 0 aliphatic carbocycles. The summed E-state index contributed by atoms with van der Waals surface area (Å²) in [6.45, 7) is 1.80. The van der Waals surface area contributed by atoms with Crippen LogP contribution in [0.2, 0.25) is 0 Å². The summed E-state index contributed by atoms with van der Waals surface area (Å²) >= 11 is 0. The normalized spacial score (nSPS) is 39.5. The van der Waals surface area contributed by atoms with Crippen LogP contribution >= 0.6 is 0 Å². The molecule has 0 aromatic carbocycles. The first-order valence-electron chi connectivity index (χ1n) is 25.1. The van der Waals surface area contributed by atoms with E-state index >= 15 is 0 Å². The smallest absolute Gasteiger partial charge is 0.217 e. The van der Waals surface area contributed by atoms with Crippen molar-refractivity contribution in [3.8, 4) is 0 Å². The van der Waals surface area contributed by atoms with Gasteiger partial charge >= 0.3 is 0 Å². The van der Waals surface area contributed by atoms with E-state index < -0.39 is 241 Å². The summed E-state index contributed by atoms with van der Waals surface area (Å²) < 4.78 is 51.3. The van der Waals surface area contributed by atoms with Crippen LogP contribution in [0.5, 0.6) is 0 Å². The van der Waals surface area contributed by atoms with Crippen LogP contribution in [0.1, 0.15) is 41.5 Å². The summed E-state index contributed by atoms with van der Waals surface area (Å²) in [5.41, 5.74) is 0. The molecule has 0 saturated carbocycles. The lowest BCUT2D eigenvalue weighted by Crippen LogP contribution is -2.69. The van der Waals surface area contributed by atoms with Crippen molar-refractivity contribution in [1.82, 2.24) is 16.0 Å². The molecule has 30 atom stereocenters. The molecule has 0 aromatic heterocycles. The Morgan fingerprint density at radius 1 is 0.462 bits per heavy atom. The van der Waals surface area contributed by atoms with Gasteiger partial charge in [-0.15, -0.1) is 0 Å². The largest absolute Gasteiger partial charge is 0.396 e. The third-order valence-electron chi connectivity index (χ3n) is 13.9. The summed E-state index contributed by atoms with van der Waals surface area (Å²) in [6.07, 6.45) is -48.8. The molecule has 456 valence electrons. The van der Waals surface area contributed by atoms with Crippen molar-refractivity contribution in [1.29, 1.82) is 0 Å². The zero-order valence-corrected chi connectivity index (χ0v) is 43.5. The second kappa shape index (κ2) is 30.6. The van der Waals surface area contributed by atoms with Crippen molar-refractivity contribution in [3.05, 3.63) is 0 Å². The van der Waals surface area contributed by atoms with E-state index in [4.69, 9.17) is 42.6 Å². The molecule has 0 aromatic rings. The average molecular weight is 1140 g/mol. The van der Waals surface area contributed by atoms with Crippen molar-refractivity contribution < 1.29 is 149 Å². The summed E-state index contributed by atoms with van der Waals surface area (Å²) in [5.74, 6) is -4.80. The number of ether oxygens (including phenoxy) is 9. The minimum atomic E-state index is -2.68. The number of aliphatic hydroxyl groups excluding tert-OH is 18.